The van der Waals surface area contributed by atoms with Gasteiger partial charge in [0.2, 0.25) is 0 Å². The lowest BCUT2D eigenvalue weighted by atomic mass is 10.0. The fraction of sp³-hybridized carbons (Fsp3) is 0.125. The van der Waals surface area contributed by atoms with E-state index in [1.807, 2.05) is 31.2 Å². The van der Waals surface area contributed by atoms with Crippen molar-refractivity contribution in [2.75, 3.05) is 0 Å². The highest BCUT2D eigenvalue weighted by atomic mass is 35.5. The first kappa shape index (κ1) is 14.4. The van der Waals surface area contributed by atoms with Crippen LogP contribution in [0.1, 0.15) is 12.5 Å². The van der Waals surface area contributed by atoms with Gasteiger partial charge in [-0.05, 0) is 30.2 Å². The van der Waals surface area contributed by atoms with Crippen molar-refractivity contribution in [1.82, 2.24) is 9.97 Å². The molecule has 0 fully saturated rings. The first-order chi connectivity index (χ1) is 10.6. The fourth-order valence-corrected chi connectivity index (χ4v) is 2.60. The third kappa shape index (κ3) is 2.51. The molecule has 22 heavy (non-hydrogen) atoms. The van der Waals surface area contributed by atoms with Gasteiger partial charge in [-0.3, -0.25) is 10.1 Å². The van der Waals surface area contributed by atoms with E-state index < -0.39 is 4.92 Å². The van der Waals surface area contributed by atoms with E-state index >= 15 is 0 Å². The lowest BCUT2D eigenvalue weighted by Crippen LogP contribution is -1.97. The number of para-hydroxylation sites is 1. The van der Waals surface area contributed by atoms with E-state index in [0.717, 1.165) is 22.0 Å². The van der Waals surface area contributed by atoms with Crippen LogP contribution in [0.5, 0.6) is 0 Å². The van der Waals surface area contributed by atoms with Crippen LogP contribution < -0.4 is 0 Å². The van der Waals surface area contributed by atoms with Gasteiger partial charge in [-0.25, -0.2) is 9.97 Å². The van der Waals surface area contributed by atoms with Crippen LogP contribution in [-0.4, -0.2) is 14.9 Å². The maximum Gasteiger partial charge on any atom is 0.269 e. The maximum atomic E-state index is 10.9. The molecular weight excluding hydrogens is 302 g/mol. The van der Waals surface area contributed by atoms with E-state index in [2.05, 4.69) is 9.97 Å². The van der Waals surface area contributed by atoms with Crippen molar-refractivity contribution in [2.24, 2.45) is 0 Å². The number of hydrogen-bond acceptors (Lipinski definition) is 4. The number of nitro benzene ring substituents is 1. The summed E-state index contributed by atoms with van der Waals surface area (Å²) in [6.45, 7) is 1.94. The molecule has 0 spiro atoms. The van der Waals surface area contributed by atoms with Gasteiger partial charge in [0.15, 0.2) is 5.82 Å². The van der Waals surface area contributed by atoms with Crippen LogP contribution in [0, 0.1) is 10.1 Å². The Labute approximate surface area is 131 Å². The SMILES string of the molecule is CCc1cc([N+](=O)[O-])ccc1-c1nc(Cl)c2ccccc2n1. The van der Waals surface area contributed by atoms with Gasteiger partial charge in [0.25, 0.3) is 5.69 Å². The van der Waals surface area contributed by atoms with Gasteiger partial charge in [0.1, 0.15) is 5.15 Å². The standard InChI is InChI=1S/C16H12ClN3O2/c1-2-10-9-11(20(21)22)7-8-12(10)16-18-14-6-4-3-5-13(14)15(17)19-16/h3-9H,2H2,1H3. The molecule has 0 unspecified atom stereocenters. The molecular formula is C16H12ClN3O2. The van der Waals surface area contributed by atoms with Gasteiger partial charge in [-0.2, -0.15) is 0 Å². The number of fused-ring (bicyclic) bond motifs is 1. The number of non-ortho nitro benzene ring substituents is 1. The second-order valence-corrected chi connectivity index (χ2v) is 5.17. The zero-order valence-corrected chi connectivity index (χ0v) is 12.5. The summed E-state index contributed by atoms with van der Waals surface area (Å²) >= 11 is 6.23. The van der Waals surface area contributed by atoms with E-state index in [1.165, 1.54) is 6.07 Å². The number of hydrogen-bond donors (Lipinski definition) is 0. The van der Waals surface area contributed by atoms with Crippen molar-refractivity contribution in [3.63, 3.8) is 0 Å². The van der Waals surface area contributed by atoms with Crippen LogP contribution >= 0.6 is 11.6 Å². The summed E-state index contributed by atoms with van der Waals surface area (Å²) in [6.07, 6.45) is 0.644. The lowest BCUT2D eigenvalue weighted by Gasteiger charge is -2.08. The summed E-state index contributed by atoms with van der Waals surface area (Å²) in [6, 6.07) is 12.2. The highest BCUT2D eigenvalue weighted by molar-refractivity contribution is 6.34. The van der Waals surface area contributed by atoms with Gasteiger partial charge in [0, 0.05) is 23.1 Å². The van der Waals surface area contributed by atoms with Crippen LogP contribution in [0.4, 0.5) is 5.69 Å². The molecule has 2 aromatic carbocycles. The Balaban J connectivity index is 2.20. The Kier molecular flexibility index (Phi) is 3.73. The molecule has 0 bridgehead atoms. The highest BCUT2D eigenvalue weighted by Crippen LogP contribution is 2.29. The van der Waals surface area contributed by atoms with Crippen LogP contribution in [-0.2, 0) is 6.42 Å². The Morgan fingerprint density at radius 3 is 2.68 bits per heavy atom. The predicted octanol–water partition coefficient (Wildman–Crippen LogP) is 4.42. The average molecular weight is 314 g/mol. The fourth-order valence-electron chi connectivity index (χ4n) is 2.36. The summed E-state index contributed by atoms with van der Waals surface area (Å²) in [7, 11) is 0. The van der Waals surface area contributed by atoms with Gasteiger partial charge in [-0.1, -0.05) is 30.7 Å². The zero-order valence-electron chi connectivity index (χ0n) is 11.8. The van der Waals surface area contributed by atoms with Crippen LogP contribution in [0.15, 0.2) is 42.5 Å². The molecule has 0 saturated heterocycles. The highest BCUT2D eigenvalue weighted by Gasteiger charge is 2.14. The van der Waals surface area contributed by atoms with Crippen LogP contribution in [0.3, 0.4) is 0 Å². The Morgan fingerprint density at radius 1 is 1.18 bits per heavy atom. The smallest absolute Gasteiger partial charge is 0.258 e. The van der Waals surface area contributed by atoms with Crippen molar-refractivity contribution >= 4 is 28.2 Å². The molecule has 1 aromatic heterocycles. The molecule has 3 aromatic rings. The summed E-state index contributed by atoms with van der Waals surface area (Å²) < 4.78 is 0. The van der Waals surface area contributed by atoms with E-state index in [4.69, 9.17) is 11.6 Å². The quantitative estimate of drug-likeness (QED) is 0.408. The normalized spacial score (nSPS) is 10.8. The van der Waals surface area contributed by atoms with Crippen LogP contribution in [0.2, 0.25) is 5.15 Å². The third-order valence-corrected chi connectivity index (χ3v) is 3.77. The van der Waals surface area contributed by atoms with Crippen molar-refractivity contribution < 1.29 is 4.92 Å². The number of nitro groups is 1. The number of benzene rings is 2. The van der Waals surface area contributed by atoms with Gasteiger partial charge >= 0.3 is 0 Å². The third-order valence-electron chi connectivity index (χ3n) is 3.48. The molecule has 3 rings (SSSR count). The van der Waals surface area contributed by atoms with Crippen molar-refractivity contribution in [3.05, 3.63) is 63.3 Å². The molecule has 0 radical (unpaired) electrons. The summed E-state index contributed by atoms with van der Waals surface area (Å²) in [4.78, 5) is 19.4. The van der Waals surface area contributed by atoms with Gasteiger partial charge in [-0.15, -0.1) is 0 Å². The molecule has 6 heteroatoms. The first-order valence-electron chi connectivity index (χ1n) is 6.80. The number of aromatic nitrogens is 2. The molecule has 0 aliphatic heterocycles. The van der Waals surface area contributed by atoms with E-state index in [-0.39, 0.29) is 5.69 Å². The zero-order chi connectivity index (χ0) is 15.7. The molecule has 1 heterocycles. The molecule has 0 N–H and O–H groups in total. The summed E-state index contributed by atoms with van der Waals surface area (Å²) in [5, 5.41) is 12.1. The van der Waals surface area contributed by atoms with Crippen LogP contribution in [0.25, 0.3) is 22.3 Å². The largest absolute Gasteiger partial charge is 0.269 e. The topological polar surface area (TPSA) is 68.9 Å². The minimum atomic E-state index is -0.406. The van der Waals surface area contributed by atoms with E-state index in [9.17, 15) is 10.1 Å². The molecule has 0 atom stereocenters. The second kappa shape index (κ2) is 5.69. The Morgan fingerprint density at radius 2 is 1.95 bits per heavy atom. The lowest BCUT2D eigenvalue weighted by molar-refractivity contribution is -0.384. The molecule has 110 valence electrons. The minimum absolute atomic E-state index is 0.0625. The maximum absolute atomic E-state index is 10.9. The second-order valence-electron chi connectivity index (χ2n) is 4.81. The first-order valence-corrected chi connectivity index (χ1v) is 7.18. The van der Waals surface area contributed by atoms with Crippen molar-refractivity contribution in [2.45, 2.75) is 13.3 Å². The number of nitrogens with zero attached hydrogens (tertiary/aromatic N) is 3. The molecule has 0 amide bonds. The predicted molar refractivity (Wildman–Crippen MR) is 86.0 cm³/mol. The van der Waals surface area contributed by atoms with E-state index in [1.54, 1.807) is 12.1 Å². The molecule has 0 saturated carbocycles. The Hall–Kier alpha value is -2.53. The number of halogens is 1. The average Bonchev–Trinajstić information content (AvgIpc) is 2.54. The van der Waals surface area contributed by atoms with Gasteiger partial charge in [0.05, 0.1) is 10.4 Å². The summed E-state index contributed by atoms with van der Waals surface area (Å²) in [5.74, 6) is 0.482. The monoisotopic (exact) mass is 313 g/mol. The van der Waals surface area contributed by atoms with E-state index in [0.29, 0.717) is 17.4 Å². The molecule has 5 nitrogen and oxygen atoms in total. The number of rotatable bonds is 3. The van der Waals surface area contributed by atoms with Gasteiger partial charge < -0.3 is 0 Å². The molecule has 0 aliphatic rings. The Bertz CT molecular complexity index is 880. The molecule has 0 aliphatic carbocycles. The minimum Gasteiger partial charge on any atom is -0.258 e. The van der Waals surface area contributed by atoms with Crippen molar-refractivity contribution in [3.8, 4) is 11.4 Å². The van der Waals surface area contributed by atoms with Crippen molar-refractivity contribution in [1.29, 1.82) is 0 Å². The number of aryl methyl sites for hydroxylation is 1. The summed E-state index contributed by atoms with van der Waals surface area (Å²) in [5.41, 5.74) is 2.40.